The molecular weight excluding hydrogens is 406 g/mol. The van der Waals surface area contributed by atoms with Crippen LogP contribution in [0.25, 0.3) is 22.6 Å². The molecule has 29 heavy (non-hydrogen) atoms. The lowest BCUT2D eigenvalue weighted by Gasteiger charge is -2.05. The van der Waals surface area contributed by atoms with Gasteiger partial charge in [-0.1, -0.05) is 5.16 Å². The molecule has 4 aromatic rings. The first kappa shape index (κ1) is 18.6. The minimum atomic E-state index is -0.558. The number of imidazole rings is 1. The number of aryl methyl sites for hydroxylation is 1. The molecule has 0 aliphatic heterocycles. The van der Waals surface area contributed by atoms with E-state index in [1.54, 1.807) is 0 Å². The van der Waals surface area contributed by atoms with Crippen LogP contribution in [0.15, 0.2) is 38.4 Å². The molecule has 0 aliphatic rings. The number of benzene rings is 1. The first-order valence-corrected chi connectivity index (χ1v) is 8.55. The van der Waals surface area contributed by atoms with E-state index in [1.807, 2.05) is 0 Å². The van der Waals surface area contributed by atoms with Crippen LogP contribution in [0.2, 0.25) is 5.28 Å². The zero-order chi connectivity index (χ0) is 20.9. The number of aromatic nitrogens is 6. The van der Waals surface area contributed by atoms with Gasteiger partial charge in [0.2, 0.25) is 17.0 Å². The zero-order valence-electron chi connectivity index (χ0n) is 15.1. The number of hydrogen-bond donors (Lipinski definition) is 0. The van der Waals surface area contributed by atoms with E-state index in [0.29, 0.717) is 5.56 Å². The molecule has 12 nitrogen and oxygen atoms in total. The molecule has 0 radical (unpaired) electrons. The van der Waals surface area contributed by atoms with E-state index in [2.05, 4.69) is 15.1 Å². The Kier molecular flexibility index (Phi) is 4.27. The number of nitrogens with zero attached hydrogens (tertiary/aromatic N) is 7. The third-order valence-electron chi connectivity index (χ3n) is 4.40. The molecule has 0 N–H and O–H groups in total. The summed E-state index contributed by atoms with van der Waals surface area (Å²) in [6.07, 6.45) is 0. The number of halogens is 1. The van der Waals surface area contributed by atoms with Crippen LogP contribution in [0.5, 0.6) is 0 Å². The predicted octanol–water partition coefficient (Wildman–Crippen LogP) is 1.09. The summed E-state index contributed by atoms with van der Waals surface area (Å²) in [7, 11) is 2.84. The fourth-order valence-corrected chi connectivity index (χ4v) is 3.09. The lowest BCUT2D eigenvalue weighted by molar-refractivity contribution is -0.384. The molecule has 0 aliphatic carbocycles. The van der Waals surface area contributed by atoms with Crippen molar-refractivity contribution in [3.05, 3.63) is 66.4 Å². The largest absolute Gasteiger partial charge is 0.337 e. The monoisotopic (exact) mass is 417 g/mol. The summed E-state index contributed by atoms with van der Waals surface area (Å²) in [4.78, 5) is 43.2. The van der Waals surface area contributed by atoms with Crippen molar-refractivity contribution < 1.29 is 9.45 Å². The Labute approximate surface area is 165 Å². The molecule has 0 spiro atoms. The van der Waals surface area contributed by atoms with Crippen molar-refractivity contribution in [3.63, 3.8) is 0 Å². The quantitative estimate of drug-likeness (QED) is 0.272. The molecule has 0 saturated heterocycles. The topological polar surface area (TPSA) is 144 Å². The molecule has 13 heteroatoms. The van der Waals surface area contributed by atoms with Crippen molar-refractivity contribution >= 4 is 28.5 Å². The molecule has 0 saturated carbocycles. The highest BCUT2D eigenvalue weighted by atomic mass is 35.5. The summed E-state index contributed by atoms with van der Waals surface area (Å²) in [6.45, 7) is -0.0528. The van der Waals surface area contributed by atoms with Gasteiger partial charge in [-0.05, 0) is 23.7 Å². The van der Waals surface area contributed by atoms with Crippen LogP contribution in [0.4, 0.5) is 5.69 Å². The van der Waals surface area contributed by atoms with Gasteiger partial charge in [-0.25, -0.2) is 4.79 Å². The lowest BCUT2D eigenvalue weighted by Crippen LogP contribution is -2.37. The summed E-state index contributed by atoms with van der Waals surface area (Å²) >= 11 is 6.17. The van der Waals surface area contributed by atoms with Crippen LogP contribution in [-0.2, 0) is 20.6 Å². The molecule has 3 aromatic heterocycles. The molecule has 0 atom stereocenters. The van der Waals surface area contributed by atoms with Crippen LogP contribution in [0, 0.1) is 10.1 Å². The smallest absolute Gasteiger partial charge is 0.332 e. The van der Waals surface area contributed by atoms with Gasteiger partial charge < -0.3 is 4.52 Å². The van der Waals surface area contributed by atoms with Gasteiger partial charge in [0.25, 0.3) is 11.2 Å². The minimum absolute atomic E-state index is 0.0200. The summed E-state index contributed by atoms with van der Waals surface area (Å²) in [5, 5.41) is 14.6. The maximum atomic E-state index is 12.5. The van der Waals surface area contributed by atoms with Crippen molar-refractivity contribution in [2.45, 2.75) is 6.54 Å². The van der Waals surface area contributed by atoms with Gasteiger partial charge in [0.05, 0.1) is 4.92 Å². The first-order valence-electron chi connectivity index (χ1n) is 8.17. The summed E-state index contributed by atoms with van der Waals surface area (Å²) in [5.41, 5.74) is -0.367. The van der Waals surface area contributed by atoms with E-state index >= 15 is 0 Å². The van der Waals surface area contributed by atoms with Crippen molar-refractivity contribution in [1.29, 1.82) is 0 Å². The highest BCUT2D eigenvalue weighted by Crippen LogP contribution is 2.21. The van der Waals surface area contributed by atoms with E-state index in [4.69, 9.17) is 16.1 Å². The van der Waals surface area contributed by atoms with Crippen molar-refractivity contribution in [3.8, 4) is 11.4 Å². The van der Waals surface area contributed by atoms with Gasteiger partial charge in [-0.15, -0.1) is 0 Å². The average molecular weight is 418 g/mol. The zero-order valence-corrected chi connectivity index (χ0v) is 15.8. The van der Waals surface area contributed by atoms with E-state index < -0.39 is 16.2 Å². The van der Waals surface area contributed by atoms with Crippen LogP contribution >= 0.6 is 11.6 Å². The van der Waals surface area contributed by atoms with Crippen molar-refractivity contribution in [1.82, 2.24) is 28.8 Å². The molecule has 148 valence electrons. The number of nitro benzene ring substituents is 1. The molecule has 0 unspecified atom stereocenters. The van der Waals surface area contributed by atoms with E-state index in [9.17, 15) is 19.7 Å². The van der Waals surface area contributed by atoms with Gasteiger partial charge in [0, 0.05) is 31.8 Å². The Bertz CT molecular complexity index is 1380. The second-order valence-electron chi connectivity index (χ2n) is 6.16. The summed E-state index contributed by atoms with van der Waals surface area (Å²) in [6, 6.07) is 5.65. The number of non-ortho nitro benzene ring substituents is 1. The SMILES string of the molecule is Cn1c(=O)c2c(nc(Cl)n2Cc2nc(-c3ccc([N+](=O)[O-])cc3)no2)n(C)c1=O. The van der Waals surface area contributed by atoms with Crippen LogP contribution in [0.1, 0.15) is 5.89 Å². The molecule has 3 heterocycles. The van der Waals surface area contributed by atoms with Crippen LogP contribution in [0.3, 0.4) is 0 Å². The summed E-state index contributed by atoms with van der Waals surface area (Å²) in [5.74, 6) is 0.353. The van der Waals surface area contributed by atoms with E-state index in [0.717, 1.165) is 4.57 Å². The first-order chi connectivity index (χ1) is 13.8. The van der Waals surface area contributed by atoms with Gasteiger partial charge in [0.1, 0.15) is 6.54 Å². The van der Waals surface area contributed by atoms with Gasteiger partial charge >= 0.3 is 5.69 Å². The predicted molar refractivity (Wildman–Crippen MR) is 101 cm³/mol. The van der Waals surface area contributed by atoms with Gasteiger partial charge in [-0.3, -0.25) is 28.6 Å². The van der Waals surface area contributed by atoms with Gasteiger partial charge in [0.15, 0.2) is 11.2 Å². The lowest BCUT2D eigenvalue weighted by atomic mass is 10.2. The Morgan fingerprint density at radius 2 is 1.83 bits per heavy atom. The Balaban J connectivity index is 1.73. The number of rotatable bonds is 4. The average Bonchev–Trinajstić information content (AvgIpc) is 3.30. The van der Waals surface area contributed by atoms with Crippen LogP contribution in [-0.4, -0.2) is 33.7 Å². The third-order valence-corrected chi connectivity index (χ3v) is 4.69. The number of nitro groups is 1. The van der Waals surface area contributed by atoms with Crippen molar-refractivity contribution in [2.24, 2.45) is 14.1 Å². The molecule has 0 amide bonds. The molecular formula is C16H12ClN7O5. The second-order valence-corrected chi connectivity index (χ2v) is 6.50. The van der Waals surface area contributed by atoms with Crippen molar-refractivity contribution in [2.75, 3.05) is 0 Å². The maximum absolute atomic E-state index is 12.5. The number of hydrogen-bond acceptors (Lipinski definition) is 8. The molecule has 0 bridgehead atoms. The minimum Gasteiger partial charge on any atom is -0.337 e. The molecule has 0 fully saturated rings. The maximum Gasteiger partial charge on any atom is 0.332 e. The highest BCUT2D eigenvalue weighted by Gasteiger charge is 2.20. The normalized spacial score (nSPS) is 11.3. The Morgan fingerprint density at radius 1 is 1.14 bits per heavy atom. The number of fused-ring (bicyclic) bond motifs is 1. The Hall–Kier alpha value is -3.80. The fourth-order valence-electron chi connectivity index (χ4n) is 2.87. The molecule has 1 aromatic carbocycles. The van der Waals surface area contributed by atoms with E-state index in [-0.39, 0.29) is 40.4 Å². The molecule has 4 rings (SSSR count). The Morgan fingerprint density at radius 3 is 2.48 bits per heavy atom. The highest BCUT2D eigenvalue weighted by molar-refractivity contribution is 6.29. The van der Waals surface area contributed by atoms with Crippen LogP contribution < -0.4 is 11.2 Å². The standard InChI is InChI=1S/C16H12ClN7O5/c1-21-13-11(14(25)22(2)16(21)26)23(15(17)19-13)7-10-18-12(20-29-10)8-3-5-9(6-4-8)24(27)28/h3-6H,7H2,1-2H3. The second kappa shape index (κ2) is 6.67. The summed E-state index contributed by atoms with van der Waals surface area (Å²) < 4.78 is 8.75. The third kappa shape index (κ3) is 2.99. The van der Waals surface area contributed by atoms with Gasteiger partial charge in [-0.2, -0.15) is 9.97 Å². The fraction of sp³-hybridized carbons (Fsp3) is 0.188. The van der Waals surface area contributed by atoms with E-state index in [1.165, 1.54) is 47.5 Å².